The van der Waals surface area contributed by atoms with Crippen LogP contribution in [0.1, 0.15) is 12.5 Å². The molecule has 0 aliphatic rings. The van der Waals surface area contributed by atoms with Crippen LogP contribution in [-0.2, 0) is 4.79 Å². The smallest absolute Gasteiger partial charge is 0.328 e. The fourth-order valence-corrected chi connectivity index (χ4v) is 1.34. The Kier molecular flexibility index (Phi) is 4.42. The van der Waals surface area contributed by atoms with Gasteiger partial charge in [0.15, 0.2) is 5.75 Å². The molecule has 0 amide bonds. The van der Waals surface area contributed by atoms with Crippen molar-refractivity contribution in [1.29, 1.82) is 0 Å². The van der Waals surface area contributed by atoms with Crippen LogP contribution in [-0.4, -0.2) is 22.6 Å². The first-order valence-corrected chi connectivity index (χ1v) is 5.18. The predicted octanol–water partition coefficient (Wildman–Crippen LogP) is 2.31. The maximum atomic E-state index is 10.8. The minimum absolute atomic E-state index is 0.00377. The average Bonchev–Trinajstić information content (AvgIpc) is 2.26. The van der Waals surface area contributed by atoms with Crippen molar-refractivity contribution in [3.63, 3.8) is 0 Å². The van der Waals surface area contributed by atoms with E-state index in [1.54, 1.807) is 19.9 Å². The normalized spacial score (nSPS) is 11.1. The fourth-order valence-electron chi connectivity index (χ4n) is 1.34. The van der Waals surface area contributed by atoms with Crippen molar-refractivity contribution in [1.82, 2.24) is 0 Å². The highest BCUT2D eigenvalue weighted by atomic mass is 16.6. The van der Waals surface area contributed by atoms with Gasteiger partial charge in [-0.25, -0.2) is 4.79 Å². The van der Waals surface area contributed by atoms with Gasteiger partial charge in [0.2, 0.25) is 0 Å². The summed E-state index contributed by atoms with van der Waals surface area (Å²) < 4.78 is 5.24. The van der Waals surface area contributed by atoms with Gasteiger partial charge in [-0.1, -0.05) is 6.07 Å². The Bertz CT molecular complexity index is 507. The summed E-state index contributed by atoms with van der Waals surface area (Å²) in [7, 11) is 0. The van der Waals surface area contributed by atoms with Gasteiger partial charge in [-0.2, -0.15) is 0 Å². The lowest BCUT2D eigenvalue weighted by molar-refractivity contribution is -0.385. The molecule has 96 valence electrons. The Morgan fingerprint density at radius 2 is 2.22 bits per heavy atom. The molecule has 0 radical (unpaired) electrons. The van der Waals surface area contributed by atoms with E-state index in [0.717, 1.165) is 11.6 Å². The van der Waals surface area contributed by atoms with Gasteiger partial charge in [0.05, 0.1) is 4.92 Å². The molecule has 0 atom stereocenters. The molecular formula is C12H13NO5. The number of carboxylic acid groups (broad SMARTS) is 1. The molecule has 0 saturated heterocycles. The molecule has 0 heterocycles. The van der Waals surface area contributed by atoms with Gasteiger partial charge in [0.25, 0.3) is 0 Å². The van der Waals surface area contributed by atoms with Crippen LogP contribution in [0.2, 0.25) is 0 Å². The number of nitro benzene ring substituents is 1. The molecule has 0 spiro atoms. The number of aliphatic carboxylic acids is 1. The largest absolute Gasteiger partial charge is 0.482 e. The van der Waals surface area contributed by atoms with Gasteiger partial charge in [0.1, 0.15) is 6.61 Å². The number of rotatable bonds is 5. The molecule has 0 aliphatic heterocycles. The topological polar surface area (TPSA) is 89.7 Å². The quantitative estimate of drug-likeness (QED) is 0.492. The van der Waals surface area contributed by atoms with Gasteiger partial charge < -0.3 is 9.84 Å². The number of hydrogen-bond donors (Lipinski definition) is 1. The van der Waals surface area contributed by atoms with Crippen LogP contribution in [0.4, 0.5) is 5.69 Å². The Balaban J connectivity index is 2.85. The summed E-state index contributed by atoms with van der Waals surface area (Å²) in [4.78, 5) is 20.7. The minimum Gasteiger partial charge on any atom is -0.482 e. The maximum absolute atomic E-state index is 10.8. The average molecular weight is 251 g/mol. The molecule has 0 saturated carbocycles. The van der Waals surface area contributed by atoms with Crippen molar-refractivity contribution in [2.75, 3.05) is 6.61 Å². The summed E-state index contributed by atoms with van der Waals surface area (Å²) in [6, 6.07) is 4.60. The summed E-state index contributed by atoms with van der Waals surface area (Å²) in [5, 5.41) is 19.3. The van der Waals surface area contributed by atoms with Gasteiger partial charge in [-0.15, -0.1) is 0 Å². The molecule has 6 nitrogen and oxygen atoms in total. The molecule has 1 aromatic carbocycles. The number of hydrogen-bond acceptors (Lipinski definition) is 4. The minimum atomic E-state index is -1.07. The Morgan fingerprint density at radius 1 is 1.56 bits per heavy atom. The maximum Gasteiger partial charge on any atom is 0.328 e. The second-order valence-corrected chi connectivity index (χ2v) is 3.85. The highest BCUT2D eigenvalue weighted by Gasteiger charge is 2.15. The molecule has 1 rings (SSSR count). The highest BCUT2D eigenvalue weighted by molar-refractivity contribution is 5.80. The molecule has 0 bridgehead atoms. The van der Waals surface area contributed by atoms with Crippen molar-refractivity contribution in [3.05, 3.63) is 45.5 Å². The van der Waals surface area contributed by atoms with Crippen molar-refractivity contribution >= 4 is 11.7 Å². The van der Waals surface area contributed by atoms with E-state index < -0.39 is 10.9 Å². The lowest BCUT2D eigenvalue weighted by atomic mass is 10.2. The SMILES string of the molecule is CC(=CC(=O)O)COc1ccc(C)cc1[N+](=O)[O-]. The van der Waals surface area contributed by atoms with E-state index in [1.165, 1.54) is 12.1 Å². The first-order chi connectivity index (χ1) is 8.40. The molecule has 1 aromatic rings. The van der Waals surface area contributed by atoms with Gasteiger partial charge in [-0.3, -0.25) is 10.1 Å². The van der Waals surface area contributed by atoms with E-state index in [9.17, 15) is 14.9 Å². The third-order valence-electron chi connectivity index (χ3n) is 2.14. The highest BCUT2D eigenvalue weighted by Crippen LogP contribution is 2.27. The van der Waals surface area contributed by atoms with Crippen LogP contribution in [0.3, 0.4) is 0 Å². The summed E-state index contributed by atoms with van der Waals surface area (Å²) >= 11 is 0. The van der Waals surface area contributed by atoms with E-state index in [4.69, 9.17) is 9.84 Å². The van der Waals surface area contributed by atoms with Crippen molar-refractivity contribution in [2.24, 2.45) is 0 Å². The zero-order chi connectivity index (χ0) is 13.7. The van der Waals surface area contributed by atoms with Gasteiger partial charge in [-0.05, 0) is 31.1 Å². The van der Waals surface area contributed by atoms with E-state index in [1.807, 2.05) is 0 Å². The second-order valence-electron chi connectivity index (χ2n) is 3.85. The van der Waals surface area contributed by atoms with Gasteiger partial charge >= 0.3 is 11.7 Å². The van der Waals surface area contributed by atoms with Crippen LogP contribution in [0.5, 0.6) is 5.75 Å². The number of benzene rings is 1. The van der Waals surface area contributed by atoms with E-state index in [-0.39, 0.29) is 18.0 Å². The third-order valence-corrected chi connectivity index (χ3v) is 2.14. The number of carbonyl (C=O) groups is 1. The van der Waals surface area contributed by atoms with E-state index in [0.29, 0.717) is 5.57 Å². The van der Waals surface area contributed by atoms with Crippen molar-refractivity contribution in [2.45, 2.75) is 13.8 Å². The van der Waals surface area contributed by atoms with Crippen LogP contribution in [0.15, 0.2) is 29.8 Å². The lowest BCUT2D eigenvalue weighted by Gasteiger charge is -2.07. The standard InChI is InChI=1S/C12H13NO5/c1-8-3-4-11(10(5-8)13(16)17)18-7-9(2)6-12(14)15/h3-6H,7H2,1-2H3,(H,14,15). The Hall–Kier alpha value is -2.37. The number of nitro groups is 1. The van der Waals surface area contributed by atoms with E-state index in [2.05, 4.69) is 0 Å². The molecule has 0 fully saturated rings. The Morgan fingerprint density at radius 3 is 2.78 bits per heavy atom. The predicted molar refractivity (Wildman–Crippen MR) is 64.7 cm³/mol. The van der Waals surface area contributed by atoms with E-state index >= 15 is 0 Å². The lowest BCUT2D eigenvalue weighted by Crippen LogP contribution is -2.03. The Labute approximate surface area is 104 Å². The molecule has 6 heteroatoms. The van der Waals surface area contributed by atoms with Crippen LogP contribution in [0, 0.1) is 17.0 Å². The molecule has 0 aromatic heterocycles. The number of carboxylic acids is 1. The molecule has 18 heavy (non-hydrogen) atoms. The van der Waals surface area contributed by atoms with Crippen molar-refractivity contribution in [3.8, 4) is 5.75 Å². The summed E-state index contributed by atoms with van der Waals surface area (Å²) in [6.07, 6.45) is 1.00. The third kappa shape index (κ3) is 3.89. The summed E-state index contributed by atoms with van der Waals surface area (Å²) in [5.41, 5.74) is 1.10. The molecular weight excluding hydrogens is 238 g/mol. The first-order valence-electron chi connectivity index (χ1n) is 5.18. The van der Waals surface area contributed by atoms with Crippen LogP contribution >= 0.6 is 0 Å². The van der Waals surface area contributed by atoms with Gasteiger partial charge in [0, 0.05) is 12.1 Å². The van der Waals surface area contributed by atoms with Crippen LogP contribution < -0.4 is 4.74 Å². The fraction of sp³-hybridized carbons (Fsp3) is 0.250. The zero-order valence-corrected chi connectivity index (χ0v) is 10.0. The molecule has 0 aliphatic carbocycles. The number of nitrogens with zero attached hydrogens (tertiary/aromatic N) is 1. The number of aryl methyl sites for hydroxylation is 1. The second kappa shape index (κ2) is 5.81. The monoisotopic (exact) mass is 251 g/mol. The summed E-state index contributed by atoms with van der Waals surface area (Å²) in [5.74, 6) is -0.946. The number of ether oxygens (including phenoxy) is 1. The molecule has 0 unspecified atom stereocenters. The van der Waals surface area contributed by atoms with Crippen molar-refractivity contribution < 1.29 is 19.6 Å². The summed E-state index contributed by atoms with van der Waals surface area (Å²) in [6.45, 7) is 3.32. The zero-order valence-electron chi connectivity index (χ0n) is 10.0. The molecule has 1 N–H and O–H groups in total. The van der Waals surface area contributed by atoms with Crippen LogP contribution in [0.25, 0.3) is 0 Å². The first kappa shape index (κ1) is 13.7.